The maximum Gasteiger partial charge on any atom is 0.238 e. The summed E-state index contributed by atoms with van der Waals surface area (Å²) in [5, 5.41) is 17.1. The van der Waals surface area contributed by atoms with Gasteiger partial charge in [0.15, 0.2) is 0 Å². The highest BCUT2D eigenvalue weighted by molar-refractivity contribution is 7.89. The Hall–Kier alpha value is -1.31. The van der Waals surface area contributed by atoms with E-state index >= 15 is 0 Å². The van der Waals surface area contributed by atoms with Gasteiger partial charge in [-0.1, -0.05) is 0 Å². The third-order valence-electron chi connectivity index (χ3n) is 2.48. The van der Waals surface area contributed by atoms with Gasteiger partial charge in [0, 0.05) is 23.5 Å². The number of nitrogens with two attached hydrogens (primary N) is 2. The Bertz CT molecular complexity index is 526. The molecule has 0 atom stereocenters. The van der Waals surface area contributed by atoms with Crippen molar-refractivity contribution in [2.75, 3.05) is 17.7 Å². The zero-order valence-corrected chi connectivity index (χ0v) is 11.3. The number of nitrogen functional groups attached to an aromatic ring is 1. The quantitative estimate of drug-likeness (QED) is 0.582. The van der Waals surface area contributed by atoms with Crippen molar-refractivity contribution in [1.29, 1.82) is 0 Å². The molecular weight excluding hydrogens is 254 g/mol. The van der Waals surface area contributed by atoms with Crippen molar-refractivity contribution in [1.82, 2.24) is 0 Å². The van der Waals surface area contributed by atoms with E-state index < -0.39 is 10.0 Å². The fourth-order valence-corrected chi connectivity index (χ4v) is 2.18. The first-order chi connectivity index (χ1) is 8.14. The summed E-state index contributed by atoms with van der Waals surface area (Å²) in [5.41, 5.74) is 6.13. The molecule has 1 aromatic carbocycles. The number of hydrogen-bond acceptors (Lipinski definition) is 5. The molecule has 6 nitrogen and oxygen atoms in total. The fraction of sp³-hybridized carbons (Fsp3) is 0.455. The van der Waals surface area contributed by atoms with Gasteiger partial charge in [0.1, 0.15) is 0 Å². The van der Waals surface area contributed by atoms with Crippen molar-refractivity contribution >= 4 is 21.4 Å². The molecule has 0 aliphatic heterocycles. The Balaban J connectivity index is 3.08. The monoisotopic (exact) mass is 273 g/mol. The summed E-state index contributed by atoms with van der Waals surface area (Å²) < 4.78 is 22.6. The number of sulfonamides is 1. The minimum atomic E-state index is -3.79. The van der Waals surface area contributed by atoms with Crippen molar-refractivity contribution in [3.8, 4) is 0 Å². The largest absolute Gasteiger partial charge is 0.399 e. The van der Waals surface area contributed by atoms with Crippen LogP contribution in [0.4, 0.5) is 11.4 Å². The lowest BCUT2D eigenvalue weighted by Gasteiger charge is -2.27. The molecule has 18 heavy (non-hydrogen) atoms. The summed E-state index contributed by atoms with van der Waals surface area (Å²) in [6.45, 7) is 3.82. The number of nitrogens with one attached hydrogen (secondary N) is 1. The first-order valence-electron chi connectivity index (χ1n) is 5.46. The molecule has 0 aliphatic rings. The predicted molar refractivity (Wildman–Crippen MR) is 71.6 cm³/mol. The third-order valence-corrected chi connectivity index (χ3v) is 3.37. The molecule has 7 heteroatoms. The molecule has 0 radical (unpaired) electrons. The van der Waals surface area contributed by atoms with Crippen molar-refractivity contribution in [3.05, 3.63) is 18.2 Å². The second kappa shape index (κ2) is 5.13. The third kappa shape index (κ3) is 4.17. The zero-order chi connectivity index (χ0) is 14.0. The lowest BCUT2D eigenvalue weighted by molar-refractivity contribution is 0.261. The smallest absolute Gasteiger partial charge is 0.238 e. The van der Waals surface area contributed by atoms with E-state index in [1.807, 2.05) is 13.8 Å². The summed E-state index contributed by atoms with van der Waals surface area (Å²) in [6.07, 6.45) is 0.520. The molecule has 0 spiro atoms. The van der Waals surface area contributed by atoms with Gasteiger partial charge in [0.2, 0.25) is 10.0 Å². The molecule has 0 bridgehead atoms. The molecule has 1 aromatic rings. The summed E-state index contributed by atoms with van der Waals surface area (Å²) in [4.78, 5) is -0.0372. The number of anilines is 2. The molecule has 0 saturated heterocycles. The minimum absolute atomic E-state index is 0.0321. The maximum atomic E-state index is 11.3. The van der Waals surface area contributed by atoms with Crippen LogP contribution in [0.2, 0.25) is 0 Å². The number of primary sulfonamides is 1. The van der Waals surface area contributed by atoms with Crippen LogP contribution in [-0.4, -0.2) is 25.7 Å². The highest BCUT2D eigenvalue weighted by Gasteiger charge is 2.18. The van der Waals surface area contributed by atoms with Crippen LogP contribution in [0.25, 0.3) is 0 Å². The van der Waals surface area contributed by atoms with E-state index in [0.717, 1.165) is 0 Å². The molecule has 0 amide bonds. The Labute approximate surface area is 107 Å². The van der Waals surface area contributed by atoms with Gasteiger partial charge >= 0.3 is 0 Å². The van der Waals surface area contributed by atoms with Gasteiger partial charge in [-0.15, -0.1) is 0 Å². The molecule has 0 aliphatic carbocycles. The molecule has 0 aromatic heterocycles. The number of aliphatic hydroxyl groups is 1. The van der Waals surface area contributed by atoms with E-state index in [0.29, 0.717) is 17.8 Å². The molecule has 1 rings (SSSR count). The lowest BCUT2D eigenvalue weighted by atomic mass is 10.0. The number of benzene rings is 1. The number of hydrogen-bond donors (Lipinski definition) is 4. The van der Waals surface area contributed by atoms with Gasteiger partial charge in [-0.2, -0.15) is 0 Å². The van der Waals surface area contributed by atoms with Crippen LogP contribution < -0.4 is 16.2 Å². The summed E-state index contributed by atoms with van der Waals surface area (Å²) in [6, 6.07) is 4.35. The molecular formula is C11H19N3O3S. The van der Waals surface area contributed by atoms with Gasteiger partial charge < -0.3 is 16.2 Å². The van der Waals surface area contributed by atoms with Crippen molar-refractivity contribution in [3.63, 3.8) is 0 Å². The molecule has 6 N–H and O–H groups in total. The van der Waals surface area contributed by atoms with E-state index in [-0.39, 0.29) is 17.0 Å². The molecule has 0 saturated carbocycles. The van der Waals surface area contributed by atoms with Crippen LogP contribution in [0.3, 0.4) is 0 Å². The Kier molecular flexibility index (Phi) is 4.20. The van der Waals surface area contributed by atoms with Gasteiger partial charge in [-0.25, -0.2) is 13.6 Å². The highest BCUT2D eigenvalue weighted by atomic mass is 32.2. The summed E-state index contributed by atoms with van der Waals surface area (Å²) >= 11 is 0. The topological polar surface area (TPSA) is 118 Å². The molecule has 0 unspecified atom stereocenters. The number of rotatable bonds is 5. The Morgan fingerprint density at radius 2 is 1.94 bits per heavy atom. The van der Waals surface area contributed by atoms with Crippen molar-refractivity contribution in [2.45, 2.75) is 30.7 Å². The Morgan fingerprint density at radius 1 is 1.33 bits per heavy atom. The predicted octanol–water partition coefficient (Wildman–Crippen LogP) is 0.489. The van der Waals surface area contributed by atoms with Crippen LogP contribution in [0, 0.1) is 0 Å². The minimum Gasteiger partial charge on any atom is -0.399 e. The second-order valence-electron chi connectivity index (χ2n) is 4.82. The van der Waals surface area contributed by atoms with Crippen LogP contribution in [-0.2, 0) is 10.0 Å². The highest BCUT2D eigenvalue weighted by Crippen LogP contribution is 2.23. The standard InChI is InChI=1S/C11H19N3O3S/c1-11(2,3-4-15)14-9-5-8(12)6-10(7-9)18(13,16)17/h5-7,14-15H,3-4,12H2,1-2H3,(H2,13,16,17). The maximum absolute atomic E-state index is 11.3. The molecule has 0 heterocycles. The lowest BCUT2D eigenvalue weighted by Crippen LogP contribution is -2.32. The van der Waals surface area contributed by atoms with Gasteiger partial charge in [-0.3, -0.25) is 0 Å². The number of aliphatic hydroxyl groups excluding tert-OH is 1. The van der Waals surface area contributed by atoms with Crippen LogP contribution in [0.5, 0.6) is 0 Å². The summed E-state index contributed by atoms with van der Waals surface area (Å²) in [5.74, 6) is 0. The van der Waals surface area contributed by atoms with Gasteiger partial charge in [-0.05, 0) is 38.5 Å². The average Bonchev–Trinajstić information content (AvgIpc) is 2.13. The SMILES string of the molecule is CC(C)(CCO)Nc1cc(N)cc(S(N)(=O)=O)c1. The van der Waals surface area contributed by atoms with Gasteiger partial charge in [0.25, 0.3) is 0 Å². The van der Waals surface area contributed by atoms with E-state index in [2.05, 4.69) is 5.32 Å². The second-order valence-corrected chi connectivity index (χ2v) is 6.38. The van der Waals surface area contributed by atoms with Crippen LogP contribution in [0.15, 0.2) is 23.1 Å². The molecule has 102 valence electrons. The fourth-order valence-electron chi connectivity index (χ4n) is 1.59. The van der Waals surface area contributed by atoms with Crippen LogP contribution in [0.1, 0.15) is 20.3 Å². The van der Waals surface area contributed by atoms with E-state index in [4.69, 9.17) is 16.0 Å². The van der Waals surface area contributed by atoms with Crippen molar-refractivity contribution < 1.29 is 13.5 Å². The van der Waals surface area contributed by atoms with E-state index in [1.54, 1.807) is 6.07 Å². The zero-order valence-electron chi connectivity index (χ0n) is 10.5. The average molecular weight is 273 g/mol. The van der Waals surface area contributed by atoms with Gasteiger partial charge in [0.05, 0.1) is 4.90 Å². The first kappa shape index (κ1) is 14.7. The summed E-state index contributed by atoms with van der Waals surface area (Å²) in [7, 11) is -3.79. The molecule has 0 fully saturated rings. The van der Waals surface area contributed by atoms with E-state index in [1.165, 1.54) is 12.1 Å². The first-order valence-corrected chi connectivity index (χ1v) is 7.01. The van der Waals surface area contributed by atoms with E-state index in [9.17, 15) is 8.42 Å². The normalized spacial score (nSPS) is 12.4. The Morgan fingerprint density at radius 3 is 2.44 bits per heavy atom. The van der Waals surface area contributed by atoms with Crippen molar-refractivity contribution in [2.24, 2.45) is 5.14 Å². The van der Waals surface area contributed by atoms with Crippen LogP contribution >= 0.6 is 0 Å².